The van der Waals surface area contributed by atoms with Gasteiger partial charge in [-0.25, -0.2) is 0 Å². The third-order valence-electron chi connectivity index (χ3n) is 3.81. The molecule has 0 bridgehead atoms. The predicted octanol–water partition coefficient (Wildman–Crippen LogP) is 3.74. The third-order valence-corrected chi connectivity index (χ3v) is 4.06. The first-order chi connectivity index (χ1) is 12.2. The summed E-state index contributed by atoms with van der Waals surface area (Å²) in [7, 11) is 3.29. The van der Waals surface area contributed by atoms with Crippen molar-refractivity contribution < 1.29 is 9.47 Å². The Labute approximate surface area is 152 Å². The van der Waals surface area contributed by atoms with E-state index < -0.39 is 0 Å². The van der Waals surface area contributed by atoms with E-state index in [0.29, 0.717) is 11.7 Å². The number of rotatable bonds is 5. The third kappa shape index (κ3) is 3.97. The zero-order valence-corrected chi connectivity index (χ0v) is 14.9. The van der Waals surface area contributed by atoms with Gasteiger partial charge >= 0.3 is 0 Å². The van der Waals surface area contributed by atoms with E-state index in [4.69, 9.17) is 21.7 Å². The van der Waals surface area contributed by atoms with Gasteiger partial charge in [0, 0.05) is 23.8 Å². The molecule has 3 aromatic rings. The van der Waals surface area contributed by atoms with E-state index in [1.54, 1.807) is 20.4 Å². The van der Waals surface area contributed by atoms with Crippen molar-refractivity contribution in [3.8, 4) is 11.5 Å². The maximum atomic E-state index is 5.41. The number of hydrogen-bond acceptors (Lipinski definition) is 4. The Morgan fingerprint density at radius 2 is 1.84 bits per heavy atom. The second-order valence-corrected chi connectivity index (χ2v) is 5.78. The fourth-order valence-corrected chi connectivity index (χ4v) is 2.69. The molecule has 0 saturated carbocycles. The molecule has 0 unspecified atom stereocenters. The number of nitrogens with one attached hydrogen (secondary N) is 2. The second kappa shape index (κ2) is 7.81. The Bertz CT molecular complexity index is 881. The van der Waals surface area contributed by atoms with Crippen molar-refractivity contribution in [1.82, 2.24) is 10.3 Å². The average Bonchev–Trinajstić information content (AvgIpc) is 2.67. The minimum atomic E-state index is 0.547. The fourth-order valence-electron chi connectivity index (χ4n) is 2.51. The van der Waals surface area contributed by atoms with Crippen LogP contribution in [0.2, 0.25) is 0 Å². The van der Waals surface area contributed by atoms with Crippen molar-refractivity contribution in [2.24, 2.45) is 0 Å². The molecule has 1 heterocycles. The molecule has 25 heavy (non-hydrogen) atoms. The molecule has 0 amide bonds. The molecular weight excluding hydrogens is 334 g/mol. The van der Waals surface area contributed by atoms with Gasteiger partial charge in [-0.2, -0.15) is 0 Å². The summed E-state index contributed by atoms with van der Waals surface area (Å²) in [5.41, 5.74) is 2.80. The highest BCUT2D eigenvalue weighted by atomic mass is 32.1. The molecule has 0 radical (unpaired) electrons. The Balaban J connectivity index is 1.69. The van der Waals surface area contributed by atoms with Crippen LogP contribution in [0, 0.1) is 0 Å². The molecule has 0 saturated heterocycles. The summed E-state index contributed by atoms with van der Waals surface area (Å²) in [6.07, 6.45) is 1.74. The van der Waals surface area contributed by atoms with Crippen molar-refractivity contribution in [1.29, 1.82) is 0 Å². The predicted molar refractivity (Wildman–Crippen MR) is 104 cm³/mol. The van der Waals surface area contributed by atoms with E-state index in [1.165, 1.54) is 0 Å². The van der Waals surface area contributed by atoms with Crippen molar-refractivity contribution in [2.45, 2.75) is 6.54 Å². The Kier molecular flexibility index (Phi) is 5.30. The van der Waals surface area contributed by atoms with Gasteiger partial charge in [-0.15, -0.1) is 0 Å². The van der Waals surface area contributed by atoms with Gasteiger partial charge in [-0.1, -0.05) is 12.1 Å². The highest BCUT2D eigenvalue weighted by molar-refractivity contribution is 7.80. The lowest BCUT2D eigenvalue weighted by atomic mass is 10.1. The van der Waals surface area contributed by atoms with E-state index >= 15 is 0 Å². The Morgan fingerprint density at radius 3 is 2.56 bits per heavy atom. The molecule has 2 N–H and O–H groups in total. The van der Waals surface area contributed by atoms with E-state index in [1.807, 2.05) is 48.5 Å². The summed E-state index contributed by atoms with van der Waals surface area (Å²) in [5, 5.41) is 7.94. The maximum Gasteiger partial charge on any atom is 0.171 e. The number of ether oxygens (including phenoxy) is 2. The van der Waals surface area contributed by atoms with Crippen molar-refractivity contribution in [2.75, 3.05) is 19.5 Å². The van der Waals surface area contributed by atoms with Gasteiger partial charge in [0.1, 0.15) is 17.0 Å². The van der Waals surface area contributed by atoms with Gasteiger partial charge in [-0.05, 0) is 54.2 Å². The quantitative estimate of drug-likeness (QED) is 0.682. The first-order valence-electron chi connectivity index (χ1n) is 7.81. The number of thiocarbonyl (C=S) groups is 1. The molecule has 1 aromatic heterocycles. The van der Waals surface area contributed by atoms with Crippen molar-refractivity contribution in [3.05, 3.63) is 60.3 Å². The minimum absolute atomic E-state index is 0.547. The van der Waals surface area contributed by atoms with Crippen LogP contribution in [0.3, 0.4) is 0 Å². The van der Waals surface area contributed by atoms with Crippen molar-refractivity contribution >= 4 is 33.9 Å². The topological polar surface area (TPSA) is 55.4 Å². The summed E-state index contributed by atoms with van der Waals surface area (Å²) in [4.78, 5) is 4.39. The van der Waals surface area contributed by atoms with E-state index in [-0.39, 0.29) is 0 Å². The molecule has 3 rings (SSSR count). The number of methoxy groups -OCH3 is 2. The molecule has 0 aliphatic heterocycles. The summed E-state index contributed by atoms with van der Waals surface area (Å²) in [5.74, 6) is 1.57. The number of fused-ring (bicyclic) bond motifs is 1. The largest absolute Gasteiger partial charge is 0.497 e. The molecule has 0 spiro atoms. The highest BCUT2D eigenvalue weighted by Crippen LogP contribution is 2.29. The van der Waals surface area contributed by atoms with Gasteiger partial charge < -0.3 is 20.1 Å². The molecule has 2 aromatic carbocycles. The van der Waals surface area contributed by atoms with Gasteiger partial charge in [0.05, 0.1) is 14.2 Å². The lowest BCUT2D eigenvalue weighted by Gasteiger charge is -2.14. The standard InChI is InChI=1S/C19H19N3O2S/c1-23-14-7-5-13(6-8-14)12-21-19(25)22-16-9-10-17(24-2)18-15(16)4-3-11-20-18/h3-11H,12H2,1-2H3,(H2,21,22,25). The monoisotopic (exact) mass is 353 g/mol. The summed E-state index contributed by atoms with van der Waals surface area (Å²) >= 11 is 5.41. The fraction of sp³-hybridized carbons (Fsp3) is 0.158. The lowest BCUT2D eigenvalue weighted by Crippen LogP contribution is -2.27. The molecule has 0 fully saturated rings. The number of aromatic nitrogens is 1. The zero-order chi connectivity index (χ0) is 17.6. The van der Waals surface area contributed by atoms with E-state index in [0.717, 1.165) is 33.7 Å². The average molecular weight is 353 g/mol. The van der Waals surface area contributed by atoms with E-state index in [2.05, 4.69) is 15.6 Å². The van der Waals surface area contributed by atoms with Crippen LogP contribution in [0.1, 0.15) is 5.56 Å². The first kappa shape index (κ1) is 17.0. The number of nitrogens with zero attached hydrogens (tertiary/aromatic N) is 1. The zero-order valence-electron chi connectivity index (χ0n) is 14.1. The SMILES string of the molecule is COc1ccc(CNC(=S)Nc2ccc(OC)c3ncccc23)cc1. The molecule has 0 atom stereocenters. The van der Waals surface area contributed by atoms with Crippen LogP contribution in [0.25, 0.3) is 10.9 Å². The van der Waals surface area contributed by atoms with Gasteiger partial charge in [0.2, 0.25) is 0 Å². The van der Waals surface area contributed by atoms with Crippen LogP contribution in [-0.4, -0.2) is 24.3 Å². The smallest absolute Gasteiger partial charge is 0.171 e. The number of benzene rings is 2. The number of hydrogen-bond donors (Lipinski definition) is 2. The molecule has 128 valence electrons. The Morgan fingerprint density at radius 1 is 1.04 bits per heavy atom. The number of anilines is 1. The van der Waals surface area contributed by atoms with Crippen LogP contribution >= 0.6 is 12.2 Å². The van der Waals surface area contributed by atoms with Gasteiger partial charge in [0.15, 0.2) is 5.11 Å². The summed E-state index contributed by atoms with van der Waals surface area (Å²) in [6.45, 7) is 0.627. The Hall–Kier alpha value is -2.86. The summed E-state index contributed by atoms with van der Waals surface area (Å²) in [6, 6.07) is 15.5. The molecule has 0 aliphatic carbocycles. The maximum absolute atomic E-state index is 5.41. The second-order valence-electron chi connectivity index (χ2n) is 5.37. The molecule has 0 aliphatic rings. The van der Waals surface area contributed by atoms with Crippen LogP contribution in [-0.2, 0) is 6.54 Å². The molecule has 5 nitrogen and oxygen atoms in total. The normalized spacial score (nSPS) is 10.3. The minimum Gasteiger partial charge on any atom is -0.497 e. The molecular formula is C19H19N3O2S. The van der Waals surface area contributed by atoms with Crippen molar-refractivity contribution in [3.63, 3.8) is 0 Å². The van der Waals surface area contributed by atoms with Gasteiger partial charge in [0.25, 0.3) is 0 Å². The molecule has 6 heteroatoms. The number of pyridine rings is 1. The first-order valence-corrected chi connectivity index (χ1v) is 8.21. The van der Waals surface area contributed by atoms with Crippen LogP contribution in [0.4, 0.5) is 5.69 Å². The van der Waals surface area contributed by atoms with Crippen LogP contribution in [0.15, 0.2) is 54.7 Å². The van der Waals surface area contributed by atoms with Gasteiger partial charge in [-0.3, -0.25) is 4.98 Å². The van der Waals surface area contributed by atoms with Crippen LogP contribution in [0.5, 0.6) is 11.5 Å². The highest BCUT2D eigenvalue weighted by Gasteiger charge is 2.08. The summed E-state index contributed by atoms with van der Waals surface area (Å²) < 4.78 is 10.5. The lowest BCUT2D eigenvalue weighted by molar-refractivity contribution is 0.414. The van der Waals surface area contributed by atoms with Crippen LogP contribution < -0.4 is 20.1 Å². The van der Waals surface area contributed by atoms with E-state index in [9.17, 15) is 0 Å².